The molecule has 8 heteroatoms. The van der Waals surface area contributed by atoms with Crippen molar-refractivity contribution in [1.29, 1.82) is 0 Å². The molecule has 4 rings (SSSR count). The smallest absolute Gasteiger partial charge is 0.255 e. The van der Waals surface area contributed by atoms with Gasteiger partial charge >= 0.3 is 0 Å². The van der Waals surface area contributed by atoms with Gasteiger partial charge < -0.3 is 15.0 Å². The van der Waals surface area contributed by atoms with Crippen LogP contribution in [-0.2, 0) is 27.4 Å². The lowest BCUT2D eigenvalue weighted by molar-refractivity contribution is -0.136. The first-order valence-electron chi connectivity index (χ1n) is 9.51. The van der Waals surface area contributed by atoms with Crippen LogP contribution in [-0.4, -0.2) is 60.3 Å². The highest BCUT2D eigenvalue weighted by molar-refractivity contribution is 6.05. The Hall–Kier alpha value is -2.87. The summed E-state index contributed by atoms with van der Waals surface area (Å²) in [6.45, 7) is 3.26. The first kappa shape index (κ1) is 18.5. The maximum Gasteiger partial charge on any atom is 0.255 e. The van der Waals surface area contributed by atoms with E-state index in [0.29, 0.717) is 38.2 Å². The van der Waals surface area contributed by atoms with Crippen LogP contribution in [0.4, 0.5) is 0 Å². The molecule has 0 aliphatic carbocycles. The van der Waals surface area contributed by atoms with Gasteiger partial charge in [0.15, 0.2) is 0 Å². The van der Waals surface area contributed by atoms with Crippen molar-refractivity contribution >= 4 is 17.7 Å². The number of nitrogens with one attached hydrogen (secondary N) is 2. The van der Waals surface area contributed by atoms with Gasteiger partial charge in [0.2, 0.25) is 11.8 Å². The normalized spacial score (nSPS) is 21.8. The summed E-state index contributed by atoms with van der Waals surface area (Å²) >= 11 is 0. The molecule has 1 atom stereocenters. The van der Waals surface area contributed by atoms with Gasteiger partial charge in [0, 0.05) is 37.8 Å². The minimum Gasteiger partial charge on any atom is -0.493 e. The Morgan fingerprint density at radius 2 is 2.11 bits per heavy atom. The van der Waals surface area contributed by atoms with E-state index in [0.717, 1.165) is 23.4 Å². The molecule has 1 aromatic rings. The highest BCUT2D eigenvalue weighted by Gasteiger charge is 2.39. The number of piperidine rings is 1. The molecular weight excluding hydrogens is 360 g/mol. The number of hydrogen-bond donors (Lipinski definition) is 2. The second-order valence-corrected chi connectivity index (χ2v) is 7.48. The van der Waals surface area contributed by atoms with Crippen LogP contribution in [0.1, 0.15) is 34.3 Å². The maximum absolute atomic E-state index is 12.9. The summed E-state index contributed by atoms with van der Waals surface area (Å²) in [6, 6.07) is 5.31. The first-order chi connectivity index (χ1) is 13.5. The number of ether oxygens (including phenoxy) is 1. The van der Waals surface area contributed by atoms with E-state index in [-0.39, 0.29) is 24.1 Å². The fraction of sp³-hybridized carbons (Fsp3) is 0.450. The van der Waals surface area contributed by atoms with Gasteiger partial charge in [-0.3, -0.25) is 24.6 Å². The highest BCUT2D eigenvalue weighted by Crippen LogP contribution is 2.28. The number of hydrogen-bond acceptors (Lipinski definition) is 6. The predicted octanol–water partition coefficient (Wildman–Crippen LogP) is 0.341. The molecule has 148 valence electrons. The molecular formula is C20H24N4O4. The van der Waals surface area contributed by atoms with Crippen LogP contribution in [0.5, 0.6) is 0 Å². The Kier molecular flexibility index (Phi) is 5.04. The standard InChI is InChI=1S/C20H24N4O4/c1-23(12-15-9-21-6-7-28-15)10-13-2-3-14-11-24(20(27)16(14)8-13)17-4-5-18(25)22-19(17)26/h2-3,8-9,17,21H,4-7,10-12H2,1H3,(H,22,25,26). The van der Waals surface area contributed by atoms with Crippen molar-refractivity contribution in [3.8, 4) is 0 Å². The van der Waals surface area contributed by atoms with E-state index in [4.69, 9.17) is 4.74 Å². The fourth-order valence-electron chi connectivity index (χ4n) is 3.89. The number of carbonyl (C=O) groups excluding carboxylic acids is 3. The van der Waals surface area contributed by atoms with Crippen LogP contribution in [0.15, 0.2) is 30.2 Å². The van der Waals surface area contributed by atoms with Crippen LogP contribution < -0.4 is 10.6 Å². The third-order valence-electron chi connectivity index (χ3n) is 5.27. The minimum absolute atomic E-state index is 0.142. The molecule has 28 heavy (non-hydrogen) atoms. The van der Waals surface area contributed by atoms with Crippen LogP contribution in [0, 0.1) is 0 Å². The van der Waals surface area contributed by atoms with Gasteiger partial charge in [-0.2, -0.15) is 0 Å². The van der Waals surface area contributed by atoms with E-state index in [1.807, 2.05) is 31.4 Å². The molecule has 8 nitrogen and oxygen atoms in total. The molecule has 3 aliphatic heterocycles. The summed E-state index contributed by atoms with van der Waals surface area (Å²) in [5, 5.41) is 5.50. The lowest BCUT2D eigenvalue weighted by Crippen LogP contribution is -2.52. The largest absolute Gasteiger partial charge is 0.493 e. The summed E-state index contributed by atoms with van der Waals surface area (Å²) in [6.07, 6.45) is 2.53. The number of likely N-dealkylation sites (N-methyl/N-ethyl adjacent to an activating group) is 1. The van der Waals surface area contributed by atoms with E-state index in [9.17, 15) is 14.4 Å². The summed E-state index contributed by atoms with van der Waals surface area (Å²) in [7, 11) is 2.00. The molecule has 3 heterocycles. The number of nitrogens with zero attached hydrogens (tertiary/aromatic N) is 2. The molecule has 1 unspecified atom stereocenters. The van der Waals surface area contributed by atoms with Crippen molar-refractivity contribution in [3.63, 3.8) is 0 Å². The highest BCUT2D eigenvalue weighted by atomic mass is 16.5. The molecule has 3 amide bonds. The average molecular weight is 384 g/mol. The molecule has 1 fully saturated rings. The summed E-state index contributed by atoms with van der Waals surface area (Å²) in [5.74, 6) is 0.0984. The van der Waals surface area contributed by atoms with E-state index < -0.39 is 6.04 Å². The van der Waals surface area contributed by atoms with Gasteiger partial charge in [0.25, 0.3) is 5.91 Å². The van der Waals surface area contributed by atoms with Crippen LogP contribution in [0.3, 0.4) is 0 Å². The van der Waals surface area contributed by atoms with Crippen molar-refractivity contribution in [2.45, 2.75) is 32.0 Å². The Balaban J connectivity index is 1.43. The van der Waals surface area contributed by atoms with Crippen molar-refractivity contribution < 1.29 is 19.1 Å². The molecule has 0 bridgehead atoms. The van der Waals surface area contributed by atoms with E-state index in [2.05, 4.69) is 15.5 Å². The van der Waals surface area contributed by atoms with Gasteiger partial charge in [0.05, 0.1) is 6.54 Å². The lowest BCUT2D eigenvalue weighted by Gasteiger charge is -2.29. The Morgan fingerprint density at radius 1 is 1.25 bits per heavy atom. The number of amides is 3. The number of benzene rings is 1. The Morgan fingerprint density at radius 3 is 2.86 bits per heavy atom. The van der Waals surface area contributed by atoms with Crippen LogP contribution in [0.2, 0.25) is 0 Å². The van der Waals surface area contributed by atoms with Crippen LogP contribution >= 0.6 is 0 Å². The second-order valence-electron chi connectivity index (χ2n) is 7.48. The molecule has 1 saturated heterocycles. The molecule has 0 aromatic heterocycles. The zero-order valence-corrected chi connectivity index (χ0v) is 15.9. The SMILES string of the molecule is CN(CC1=CNCCO1)Cc1ccc2c(c1)C(=O)N(C1CCC(=O)NC1=O)C2. The van der Waals surface area contributed by atoms with E-state index in [1.165, 1.54) is 0 Å². The topological polar surface area (TPSA) is 91.0 Å². The Bertz CT molecular complexity index is 851. The van der Waals surface area contributed by atoms with E-state index in [1.54, 1.807) is 4.90 Å². The molecule has 3 aliphatic rings. The van der Waals surface area contributed by atoms with Gasteiger partial charge in [-0.1, -0.05) is 12.1 Å². The Labute approximate surface area is 163 Å². The fourth-order valence-corrected chi connectivity index (χ4v) is 3.89. The van der Waals surface area contributed by atoms with Crippen molar-refractivity contribution in [2.24, 2.45) is 0 Å². The summed E-state index contributed by atoms with van der Waals surface area (Å²) in [5.41, 5.74) is 2.60. The number of carbonyl (C=O) groups is 3. The summed E-state index contributed by atoms with van der Waals surface area (Å²) < 4.78 is 5.61. The van der Waals surface area contributed by atoms with Gasteiger partial charge in [-0.15, -0.1) is 0 Å². The van der Waals surface area contributed by atoms with Gasteiger partial charge in [0.1, 0.15) is 18.4 Å². The number of rotatable bonds is 5. The third-order valence-corrected chi connectivity index (χ3v) is 5.27. The molecule has 0 radical (unpaired) electrons. The minimum atomic E-state index is -0.577. The zero-order valence-electron chi connectivity index (χ0n) is 15.9. The molecule has 1 aromatic carbocycles. The van der Waals surface area contributed by atoms with Gasteiger partial charge in [-0.05, 0) is 30.7 Å². The zero-order chi connectivity index (χ0) is 19.7. The van der Waals surface area contributed by atoms with Crippen molar-refractivity contribution in [1.82, 2.24) is 20.4 Å². The lowest BCUT2D eigenvalue weighted by atomic mass is 10.0. The molecule has 0 spiro atoms. The van der Waals surface area contributed by atoms with Crippen molar-refractivity contribution in [3.05, 3.63) is 46.8 Å². The quantitative estimate of drug-likeness (QED) is 0.712. The van der Waals surface area contributed by atoms with E-state index >= 15 is 0 Å². The average Bonchev–Trinajstić information content (AvgIpc) is 2.99. The maximum atomic E-state index is 12.9. The van der Waals surface area contributed by atoms with Gasteiger partial charge in [-0.25, -0.2) is 0 Å². The number of imide groups is 1. The first-order valence-corrected chi connectivity index (χ1v) is 9.51. The molecule has 0 saturated carbocycles. The summed E-state index contributed by atoms with van der Waals surface area (Å²) in [4.78, 5) is 40.1. The van der Waals surface area contributed by atoms with Crippen molar-refractivity contribution in [2.75, 3.05) is 26.7 Å². The second kappa shape index (κ2) is 7.63. The third kappa shape index (κ3) is 3.73. The predicted molar refractivity (Wildman–Crippen MR) is 101 cm³/mol. The monoisotopic (exact) mass is 384 g/mol. The molecule has 2 N–H and O–H groups in total. The van der Waals surface area contributed by atoms with Crippen LogP contribution in [0.25, 0.3) is 0 Å². The number of fused-ring (bicyclic) bond motifs is 1.